The summed E-state index contributed by atoms with van der Waals surface area (Å²) in [5.41, 5.74) is 1.44. The number of benzene rings is 2. The van der Waals surface area contributed by atoms with Gasteiger partial charge in [0.25, 0.3) is 0 Å². The maximum atomic E-state index is 13.0. The Kier molecular flexibility index (Phi) is 3.92. The van der Waals surface area contributed by atoms with E-state index in [1.165, 1.54) is 12.1 Å². The molecule has 21 heavy (non-hydrogen) atoms. The first-order chi connectivity index (χ1) is 10.2. The first-order valence-corrected chi connectivity index (χ1v) is 7.42. The lowest BCUT2D eigenvalue weighted by molar-refractivity contribution is -0.116. The Hall–Kier alpha value is -2.27. The van der Waals surface area contributed by atoms with Crippen LogP contribution in [0, 0.1) is 5.82 Å². The number of aryl methyl sites for hydroxylation is 1. The van der Waals surface area contributed by atoms with Crippen molar-refractivity contribution in [3.63, 3.8) is 0 Å². The van der Waals surface area contributed by atoms with Gasteiger partial charge in [-0.25, -0.2) is 9.37 Å². The molecule has 1 N–H and O–H groups in total. The number of fused-ring (bicyclic) bond motifs is 1. The number of amides is 1. The number of carbonyl (C=O) groups excluding carboxylic acids is 1. The highest BCUT2D eigenvalue weighted by Gasteiger charge is 2.07. The van der Waals surface area contributed by atoms with Gasteiger partial charge in [0.2, 0.25) is 5.91 Å². The molecule has 1 amide bonds. The number of nitrogens with one attached hydrogen (secondary N) is 1. The van der Waals surface area contributed by atoms with E-state index in [0.29, 0.717) is 18.5 Å². The maximum absolute atomic E-state index is 13.0. The van der Waals surface area contributed by atoms with E-state index in [9.17, 15) is 9.18 Å². The van der Waals surface area contributed by atoms with Crippen molar-refractivity contribution in [1.82, 2.24) is 4.98 Å². The minimum Gasteiger partial charge on any atom is -0.326 e. The number of para-hydroxylation sites is 1. The van der Waals surface area contributed by atoms with E-state index in [2.05, 4.69) is 10.3 Å². The highest BCUT2D eigenvalue weighted by Crippen LogP contribution is 2.22. The van der Waals surface area contributed by atoms with E-state index >= 15 is 0 Å². The van der Waals surface area contributed by atoms with Gasteiger partial charge < -0.3 is 5.32 Å². The van der Waals surface area contributed by atoms with Crippen molar-refractivity contribution in [2.45, 2.75) is 12.8 Å². The molecule has 3 nitrogen and oxygen atoms in total. The van der Waals surface area contributed by atoms with Crippen molar-refractivity contribution in [3.05, 3.63) is 59.4 Å². The van der Waals surface area contributed by atoms with Crippen LogP contribution in [0.25, 0.3) is 10.2 Å². The number of anilines is 1. The molecule has 0 bridgehead atoms. The van der Waals surface area contributed by atoms with Crippen LogP contribution < -0.4 is 5.32 Å². The number of thiazole rings is 1. The summed E-state index contributed by atoms with van der Waals surface area (Å²) < 4.78 is 14.2. The third-order valence-electron chi connectivity index (χ3n) is 3.01. The monoisotopic (exact) mass is 300 g/mol. The molecule has 0 spiro atoms. The lowest BCUT2D eigenvalue weighted by atomic mass is 10.2. The van der Waals surface area contributed by atoms with Crippen LogP contribution in [-0.4, -0.2) is 10.9 Å². The number of halogens is 1. The molecule has 1 aromatic heterocycles. The van der Waals surface area contributed by atoms with Crippen molar-refractivity contribution in [1.29, 1.82) is 0 Å². The highest BCUT2D eigenvalue weighted by atomic mass is 32.1. The summed E-state index contributed by atoms with van der Waals surface area (Å²) >= 11 is 1.60. The molecule has 2 aromatic carbocycles. The number of carbonyl (C=O) groups is 1. The fraction of sp³-hybridized carbons (Fsp3) is 0.125. The Morgan fingerprint density at radius 3 is 2.86 bits per heavy atom. The van der Waals surface area contributed by atoms with Crippen LogP contribution in [0.15, 0.2) is 48.5 Å². The largest absolute Gasteiger partial charge is 0.326 e. The molecule has 0 unspecified atom stereocenters. The smallest absolute Gasteiger partial charge is 0.224 e. The molecule has 0 fully saturated rings. The SMILES string of the molecule is O=C(CCc1nc2ccccc2s1)Nc1cccc(F)c1. The van der Waals surface area contributed by atoms with Gasteiger partial charge in [-0.3, -0.25) is 4.79 Å². The first kappa shape index (κ1) is 13.7. The van der Waals surface area contributed by atoms with E-state index in [4.69, 9.17) is 0 Å². The van der Waals surface area contributed by atoms with E-state index in [1.54, 1.807) is 23.5 Å². The van der Waals surface area contributed by atoms with Crippen molar-refractivity contribution in [3.8, 4) is 0 Å². The van der Waals surface area contributed by atoms with Crippen molar-refractivity contribution >= 4 is 33.1 Å². The van der Waals surface area contributed by atoms with Gasteiger partial charge in [-0.05, 0) is 30.3 Å². The Bertz CT molecular complexity index is 752. The number of nitrogens with zero attached hydrogens (tertiary/aromatic N) is 1. The van der Waals surface area contributed by atoms with Crippen LogP contribution in [0.1, 0.15) is 11.4 Å². The maximum Gasteiger partial charge on any atom is 0.224 e. The normalized spacial score (nSPS) is 10.7. The van der Waals surface area contributed by atoms with E-state index < -0.39 is 0 Å². The predicted molar refractivity (Wildman–Crippen MR) is 83.0 cm³/mol. The standard InChI is InChI=1S/C16H13FN2OS/c17-11-4-3-5-12(10-11)18-15(20)8-9-16-19-13-6-1-2-7-14(13)21-16/h1-7,10H,8-9H2,(H,18,20). The summed E-state index contributed by atoms with van der Waals surface area (Å²) in [6.45, 7) is 0. The second kappa shape index (κ2) is 6.01. The number of rotatable bonds is 4. The van der Waals surface area contributed by atoms with Gasteiger partial charge in [-0.1, -0.05) is 18.2 Å². The number of hydrogen-bond donors (Lipinski definition) is 1. The summed E-state index contributed by atoms with van der Waals surface area (Å²) in [6, 6.07) is 13.8. The van der Waals surface area contributed by atoms with Crippen molar-refractivity contribution in [2.24, 2.45) is 0 Å². The third kappa shape index (κ3) is 3.44. The Labute approximate surface area is 125 Å². The molecule has 106 valence electrons. The summed E-state index contributed by atoms with van der Waals surface area (Å²) in [7, 11) is 0. The van der Waals surface area contributed by atoms with Gasteiger partial charge in [-0.15, -0.1) is 11.3 Å². The lowest BCUT2D eigenvalue weighted by Gasteiger charge is -2.04. The van der Waals surface area contributed by atoms with Crippen LogP contribution in [0.5, 0.6) is 0 Å². The average molecular weight is 300 g/mol. The Morgan fingerprint density at radius 1 is 1.19 bits per heavy atom. The molecule has 1 heterocycles. The quantitative estimate of drug-likeness (QED) is 0.791. The molecule has 0 aliphatic carbocycles. The molecule has 3 aromatic rings. The minimum absolute atomic E-state index is 0.139. The molecule has 0 aliphatic heterocycles. The van der Waals surface area contributed by atoms with Gasteiger partial charge in [0.05, 0.1) is 15.2 Å². The van der Waals surface area contributed by atoms with Gasteiger partial charge in [-0.2, -0.15) is 0 Å². The number of aromatic nitrogens is 1. The zero-order chi connectivity index (χ0) is 14.7. The molecule has 3 rings (SSSR count). The minimum atomic E-state index is -0.362. The van der Waals surface area contributed by atoms with Gasteiger partial charge >= 0.3 is 0 Å². The Morgan fingerprint density at radius 2 is 2.05 bits per heavy atom. The fourth-order valence-corrected chi connectivity index (χ4v) is 3.00. The van der Waals surface area contributed by atoms with Crippen LogP contribution >= 0.6 is 11.3 Å². The molecule has 0 saturated carbocycles. The van der Waals surface area contributed by atoms with Crippen LogP contribution in [0.3, 0.4) is 0 Å². The zero-order valence-corrected chi connectivity index (χ0v) is 12.0. The van der Waals surface area contributed by atoms with E-state index in [-0.39, 0.29) is 11.7 Å². The molecule has 5 heteroatoms. The second-order valence-electron chi connectivity index (χ2n) is 4.63. The first-order valence-electron chi connectivity index (χ1n) is 6.60. The summed E-state index contributed by atoms with van der Waals surface area (Å²) in [6.07, 6.45) is 0.914. The molecular weight excluding hydrogens is 287 g/mol. The summed E-state index contributed by atoms with van der Waals surface area (Å²) in [5, 5.41) is 3.62. The van der Waals surface area contributed by atoms with Gasteiger partial charge in [0.15, 0.2) is 0 Å². The molecule has 0 saturated heterocycles. The van der Waals surface area contributed by atoms with Gasteiger partial charge in [0, 0.05) is 18.5 Å². The molecule has 0 radical (unpaired) electrons. The van der Waals surface area contributed by atoms with E-state index in [1.807, 2.05) is 24.3 Å². The van der Waals surface area contributed by atoms with Crippen molar-refractivity contribution < 1.29 is 9.18 Å². The van der Waals surface area contributed by atoms with Crippen LogP contribution in [-0.2, 0) is 11.2 Å². The topological polar surface area (TPSA) is 42.0 Å². The summed E-state index contributed by atoms with van der Waals surface area (Å²) in [4.78, 5) is 16.3. The molecule has 0 aliphatic rings. The highest BCUT2D eigenvalue weighted by molar-refractivity contribution is 7.18. The fourth-order valence-electron chi connectivity index (χ4n) is 2.04. The van der Waals surface area contributed by atoms with Gasteiger partial charge in [0.1, 0.15) is 5.82 Å². The van der Waals surface area contributed by atoms with Crippen LogP contribution in [0.4, 0.5) is 10.1 Å². The van der Waals surface area contributed by atoms with Crippen LogP contribution in [0.2, 0.25) is 0 Å². The second-order valence-corrected chi connectivity index (χ2v) is 5.75. The predicted octanol–water partition coefficient (Wildman–Crippen LogP) is 4.01. The Balaban J connectivity index is 1.60. The van der Waals surface area contributed by atoms with Crippen molar-refractivity contribution in [2.75, 3.05) is 5.32 Å². The molecular formula is C16H13FN2OS. The average Bonchev–Trinajstić information content (AvgIpc) is 2.88. The third-order valence-corrected chi connectivity index (χ3v) is 4.11. The zero-order valence-electron chi connectivity index (χ0n) is 11.2. The molecule has 0 atom stereocenters. The number of hydrogen-bond acceptors (Lipinski definition) is 3. The summed E-state index contributed by atoms with van der Waals surface area (Å²) in [5.74, 6) is -0.501. The van der Waals surface area contributed by atoms with E-state index in [0.717, 1.165) is 15.2 Å². The lowest BCUT2D eigenvalue weighted by Crippen LogP contribution is -2.12.